The average Bonchev–Trinajstić information content (AvgIpc) is 2.67. The maximum atomic E-state index is 11.8. The van der Waals surface area contributed by atoms with Crippen molar-refractivity contribution >= 4 is 21.8 Å². The van der Waals surface area contributed by atoms with E-state index >= 15 is 0 Å². The third-order valence-electron chi connectivity index (χ3n) is 2.30. The first-order valence-electron chi connectivity index (χ1n) is 5.18. The van der Waals surface area contributed by atoms with Crippen molar-refractivity contribution in [3.05, 3.63) is 52.3 Å². The first kappa shape index (κ1) is 11.9. The number of hydrogen-bond donors (Lipinski definition) is 1. The zero-order valence-corrected chi connectivity index (χ0v) is 10.9. The van der Waals surface area contributed by atoms with Gasteiger partial charge in [0, 0.05) is 19.8 Å². The van der Waals surface area contributed by atoms with Crippen LogP contribution in [0.15, 0.2) is 41.0 Å². The molecule has 0 fully saturated rings. The molecule has 88 valence electrons. The van der Waals surface area contributed by atoms with Crippen molar-refractivity contribution in [2.45, 2.75) is 6.54 Å². The van der Waals surface area contributed by atoms with Gasteiger partial charge in [-0.05, 0) is 21.5 Å². The summed E-state index contributed by atoms with van der Waals surface area (Å²) in [6.45, 7) is 0.503. The lowest BCUT2D eigenvalue weighted by Gasteiger charge is -2.03. The molecule has 0 aliphatic carbocycles. The highest BCUT2D eigenvalue weighted by Gasteiger charge is 2.13. The quantitative estimate of drug-likeness (QED) is 0.942. The summed E-state index contributed by atoms with van der Waals surface area (Å²) >= 11 is 3.30. The summed E-state index contributed by atoms with van der Waals surface area (Å²) in [5.41, 5.74) is 1.47. The summed E-state index contributed by atoms with van der Waals surface area (Å²) in [5, 5.41) is 6.90. The van der Waals surface area contributed by atoms with Crippen LogP contribution in [0.2, 0.25) is 0 Å². The fraction of sp³-hybridized carbons (Fsp3) is 0.167. The summed E-state index contributed by atoms with van der Waals surface area (Å²) in [6.07, 6.45) is 1.75. The van der Waals surface area contributed by atoms with Crippen LogP contribution in [-0.4, -0.2) is 15.7 Å². The van der Waals surface area contributed by atoms with Crippen molar-refractivity contribution in [2.75, 3.05) is 0 Å². The van der Waals surface area contributed by atoms with Crippen molar-refractivity contribution in [2.24, 2.45) is 7.05 Å². The number of carbonyl (C=O) groups is 1. The minimum Gasteiger partial charge on any atom is -0.347 e. The van der Waals surface area contributed by atoms with E-state index in [0.29, 0.717) is 16.7 Å². The van der Waals surface area contributed by atoms with E-state index in [-0.39, 0.29) is 5.91 Å². The van der Waals surface area contributed by atoms with Crippen LogP contribution >= 0.6 is 15.9 Å². The normalized spacial score (nSPS) is 10.2. The van der Waals surface area contributed by atoms with Gasteiger partial charge in [-0.25, -0.2) is 0 Å². The summed E-state index contributed by atoms with van der Waals surface area (Å²) in [7, 11) is 1.78. The first-order chi connectivity index (χ1) is 8.16. The molecule has 1 amide bonds. The van der Waals surface area contributed by atoms with E-state index in [1.165, 1.54) is 0 Å². The smallest absolute Gasteiger partial charge is 0.273 e. The number of halogens is 1. The zero-order valence-electron chi connectivity index (χ0n) is 9.35. The van der Waals surface area contributed by atoms with E-state index in [0.717, 1.165) is 5.56 Å². The monoisotopic (exact) mass is 293 g/mol. The summed E-state index contributed by atoms with van der Waals surface area (Å²) in [5.74, 6) is -0.179. The molecule has 0 spiro atoms. The summed E-state index contributed by atoms with van der Waals surface area (Å²) in [6, 6.07) is 9.76. The Balaban J connectivity index is 2.01. The Hall–Kier alpha value is -1.62. The van der Waals surface area contributed by atoms with E-state index in [4.69, 9.17) is 0 Å². The van der Waals surface area contributed by atoms with Crippen LogP contribution in [0.3, 0.4) is 0 Å². The minimum absolute atomic E-state index is 0.179. The molecule has 0 unspecified atom stereocenters. The van der Waals surface area contributed by atoms with Gasteiger partial charge in [0.05, 0.1) is 4.47 Å². The largest absolute Gasteiger partial charge is 0.347 e. The van der Waals surface area contributed by atoms with Crippen molar-refractivity contribution in [3.63, 3.8) is 0 Å². The molecule has 0 aliphatic heterocycles. The number of nitrogens with zero attached hydrogens (tertiary/aromatic N) is 2. The Kier molecular flexibility index (Phi) is 3.58. The van der Waals surface area contributed by atoms with Gasteiger partial charge in [0.1, 0.15) is 0 Å². The third-order valence-corrected chi connectivity index (χ3v) is 2.88. The van der Waals surface area contributed by atoms with Gasteiger partial charge in [0.2, 0.25) is 0 Å². The standard InChI is InChI=1S/C12H12BrN3O/c1-16-8-10(13)11(15-16)12(17)14-7-9-5-3-2-4-6-9/h2-6,8H,7H2,1H3,(H,14,17). The van der Waals surface area contributed by atoms with Crippen LogP contribution in [0.1, 0.15) is 16.1 Å². The first-order valence-corrected chi connectivity index (χ1v) is 5.97. The Labute approximate surface area is 108 Å². The third kappa shape index (κ3) is 2.94. The lowest BCUT2D eigenvalue weighted by Crippen LogP contribution is -2.23. The molecule has 0 saturated heterocycles. The van der Waals surface area contributed by atoms with Crippen LogP contribution in [0.4, 0.5) is 0 Å². The summed E-state index contributed by atoms with van der Waals surface area (Å²) in [4.78, 5) is 11.8. The number of benzene rings is 1. The highest BCUT2D eigenvalue weighted by molar-refractivity contribution is 9.10. The van der Waals surface area contributed by atoms with Crippen molar-refractivity contribution in [1.29, 1.82) is 0 Å². The second-order valence-electron chi connectivity index (χ2n) is 3.67. The fourth-order valence-electron chi connectivity index (χ4n) is 1.48. The molecule has 0 saturated carbocycles. The SMILES string of the molecule is Cn1cc(Br)c(C(=O)NCc2ccccc2)n1. The number of rotatable bonds is 3. The Morgan fingerprint density at radius 2 is 2.12 bits per heavy atom. The van der Waals surface area contributed by atoms with Crippen molar-refractivity contribution in [1.82, 2.24) is 15.1 Å². The highest BCUT2D eigenvalue weighted by atomic mass is 79.9. The molecule has 1 aromatic carbocycles. The van der Waals surface area contributed by atoms with E-state index in [1.54, 1.807) is 17.9 Å². The molecule has 4 nitrogen and oxygen atoms in total. The van der Waals surface area contributed by atoms with Gasteiger partial charge in [0.25, 0.3) is 5.91 Å². The molecule has 1 heterocycles. The molecule has 5 heteroatoms. The lowest BCUT2D eigenvalue weighted by molar-refractivity contribution is 0.0944. The maximum Gasteiger partial charge on any atom is 0.273 e. The number of hydrogen-bond acceptors (Lipinski definition) is 2. The number of aryl methyl sites for hydroxylation is 1. The Bertz CT molecular complexity index is 522. The molecular formula is C12H12BrN3O. The molecule has 0 aliphatic rings. The molecule has 2 rings (SSSR count). The zero-order chi connectivity index (χ0) is 12.3. The lowest BCUT2D eigenvalue weighted by atomic mass is 10.2. The number of carbonyl (C=O) groups excluding carboxylic acids is 1. The van der Waals surface area contributed by atoms with Gasteiger partial charge >= 0.3 is 0 Å². The molecule has 1 aromatic heterocycles. The minimum atomic E-state index is -0.179. The number of aromatic nitrogens is 2. The molecule has 1 N–H and O–H groups in total. The van der Waals surface area contributed by atoms with Crippen LogP contribution < -0.4 is 5.32 Å². The van der Waals surface area contributed by atoms with Crippen LogP contribution in [-0.2, 0) is 13.6 Å². The van der Waals surface area contributed by atoms with E-state index in [9.17, 15) is 4.79 Å². The van der Waals surface area contributed by atoms with Gasteiger partial charge < -0.3 is 5.32 Å². The molecular weight excluding hydrogens is 282 g/mol. The number of amides is 1. The Morgan fingerprint density at radius 1 is 1.41 bits per heavy atom. The van der Waals surface area contributed by atoms with Gasteiger partial charge in [-0.15, -0.1) is 0 Å². The van der Waals surface area contributed by atoms with E-state index < -0.39 is 0 Å². The van der Waals surface area contributed by atoms with Crippen LogP contribution in [0, 0.1) is 0 Å². The van der Waals surface area contributed by atoms with Crippen molar-refractivity contribution < 1.29 is 4.79 Å². The van der Waals surface area contributed by atoms with E-state index in [1.807, 2.05) is 30.3 Å². The molecule has 17 heavy (non-hydrogen) atoms. The average molecular weight is 294 g/mol. The number of nitrogens with one attached hydrogen (secondary N) is 1. The molecule has 2 aromatic rings. The van der Waals surface area contributed by atoms with Crippen LogP contribution in [0.5, 0.6) is 0 Å². The molecule has 0 radical (unpaired) electrons. The van der Waals surface area contributed by atoms with E-state index in [2.05, 4.69) is 26.3 Å². The second-order valence-corrected chi connectivity index (χ2v) is 4.52. The predicted octanol–water partition coefficient (Wildman–Crippen LogP) is 2.11. The maximum absolute atomic E-state index is 11.8. The second kappa shape index (κ2) is 5.14. The van der Waals surface area contributed by atoms with Crippen LogP contribution in [0.25, 0.3) is 0 Å². The molecule has 0 bridgehead atoms. The van der Waals surface area contributed by atoms with Crippen molar-refractivity contribution in [3.8, 4) is 0 Å². The fourth-order valence-corrected chi connectivity index (χ4v) is 2.03. The highest BCUT2D eigenvalue weighted by Crippen LogP contribution is 2.13. The van der Waals surface area contributed by atoms with Gasteiger partial charge in [-0.3, -0.25) is 9.48 Å². The Morgan fingerprint density at radius 3 is 2.71 bits per heavy atom. The van der Waals surface area contributed by atoms with Gasteiger partial charge in [-0.1, -0.05) is 30.3 Å². The van der Waals surface area contributed by atoms with Gasteiger partial charge in [-0.2, -0.15) is 5.10 Å². The topological polar surface area (TPSA) is 46.9 Å². The predicted molar refractivity (Wildman–Crippen MR) is 68.5 cm³/mol. The van der Waals surface area contributed by atoms with Gasteiger partial charge in [0.15, 0.2) is 5.69 Å². The summed E-state index contributed by atoms with van der Waals surface area (Å²) < 4.78 is 2.30. The molecule has 0 atom stereocenters.